The lowest BCUT2D eigenvalue weighted by Gasteiger charge is -2.27. The first-order valence-corrected chi connectivity index (χ1v) is 7.24. The van der Waals surface area contributed by atoms with Crippen LogP contribution in [0.1, 0.15) is 0 Å². The lowest BCUT2D eigenvalue weighted by Crippen LogP contribution is -2.37. The van der Waals surface area contributed by atoms with E-state index in [0.717, 1.165) is 30.2 Å². The highest BCUT2D eigenvalue weighted by Crippen LogP contribution is 2.27. The van der Waals surface area contributed by atoms with Gasteiger partial charge in [-0.25, -0.2) is 14.4 Å². The normalized spacial score (nSPS) is 15.4. The van der Waals surface area contributed by atoms with Crippen molar-refractivity contribution < 1.29 is 9.13 Å². The van der Waals surface area contributed by atoms with Crippen LogP contribution in [-0.2, 0) is 4.74 Å². The number of imidazole rings is 1. The number of aromatic nitrogens is 3. The first kappa shape index (κ1) is 13.2. The molecule has 3 aromatic rings. The molecule has 0 atom stereocenters. The Kier molecular flexibility index (Phi) is 3.23. The Hall–Kier alpha value is -2.47. The van der Waals surface area contributed by atoms with Gasteiger partial charge in [-0.05, 0) is 12.1 Å². The molecule has 1 fully saturated rings. The van der Waals surface area contributed by atoms with Crippen molar-refractivity contribution in [2.45, 2.75) is 0 Å². The molecule has 0 saturated carbocycles. The Morgan fingerprint density at radius 2 is 1.91 bits per heavy atom. The minimum atomic E-state index is -0.256. The monoisotopic (exact) mass is 298 g/mol. The number of fused-ring (bicyclic) bond motifs is 1. The van der Waals surface area contributed by atoms with E-state index in [0.29, 0.717) is 18.8 Å². The number of hydrogen-bond donors (Lipinski definition) is 0. The molecule has 22 heavy (non-hydrogen) atoms. The Morgan fingerprint density at radius 1 is 1.09 bits per heavy atom. The van der Waals surface area contributed by atoms with Crippen molar-refractivity contribution in [1.29, 1.82) is 0 Å². The Labute approximate surface area is 127 Å². The van der Waals surface area contributed by atoms with Gasteiger partial charge in [0.1, 0.15) is 5.82 Å². The number of halogens is 1. The highest BCUT2D eigenvalue weighted by Gasteiger charge is 2.18. The molecule has 112 valence electrons. The van der Waals surface area contributed by atoms with Crippen LogP contribution in [0.5, 0.6) is 0 Å². The van der Waals surface area contributed by atoms with Gasteiger partial charge in [-0.3, -0.25) is 4.40 Å². The number of nitrogens with zero attached hydrogens (tertiary/aromatic N) is 4. The minimum absolute atomic E-state index is 0.256. The van der Waals surface area contributed by atoms with Gasteiger partial charge < -0.3 is 9.64 Å². The lowest BCUT2D eigenvalue weighted by atomic mass is 10.1. The quantitative estimate of drug-likeness (QED) is 0.728. The summed E-state index contributed by atoms with van der Waals surface area (Å²) in [6.07, 6.45) is 5.23. The third-order valence-corrected chi connectivity index (χ3v) is 3.87. The highest BCUT2D eigenvalue weighted by atomic mass is 19.1. The maximum atomic E-state index is 14.1. The lowest BCUT2D eigenvalue weighted by molar-refractivity contribution is 0.122. The molecule has 0 unspecified atom stereocenters. The largest absolute Gasteiger partial charge is 0.378 e. The fraction of sp³-hybridized carbons (Fsp3) is 0.250. The molecule has 0 radical (unpaired) electrons. The van der Waals surface area contributed by atoms with Gasteiger partial charge in [0.05, 0.1) is 25.1 Å². The van der Waals surface area contributed by atoms with Gasteiger partial charge in [-0.15, -0.1) is 0 Å². The van der Waals surface area contributed by atoms with Crippen LogP contribution in [0.2, 0.25) is 0 Å². The van der Waals surface area contributed by atoms with E-state index in [1.54, 1.807) is 24.5 Å². The number of hydrogen-bond acceptors (Lipinski definition) is 4. The van der Waals surface area contributed by atoms with Gasteiger partial charge in [-0.1, -0.05) is 12.1 Å². The molecule has 1 aliphatic rings. The predicted molar refractivity (Wildman–Crippen MR) is 81.4 cm³/mol. The van der Waals surface area contributed by atoms with Crippen LogP contribution in [0.25, 0.3) is 16.9 Å². The summed E-state index contributed by atoms with van der Waals surface area (Å²) in [5.74, 6) is 0.558. The summed E-state index contributed by atoms with van der Waals surface area (Å²) >= 11 is 0. The first-order valence-electron chi connectivity index (χ1n) is 7.24. The van der Waals surface area contributed by atoms with Crippen molar-refractivity contribution in [1.82, 2.24) is 14.4 Å². The SMILES string of the molecule is Fc1ccccc1-c1cnc2c(N3CCOCC3)nccn12. The molecule has 1 aromatic carbocycles. The van der Waals surface area contributed by atoms with E-state index in [-0.39, 0.29) is 5.82 Å². The standard InChI is InChI=1S/C16H15FN4O/c17-13-4-2-1-3-12(13)14-11-19-16-15(18-5-6-21(14)16)20-7-9-22-10-8-20/h1-6,11H,7-10H2. The third-order valence-electron chi connectivity index (χ3n) is 3.87. The Bertz CT molecular complexity index is 811. The number of benzene rings is 1. The smallest absolute Gasteiger partial charge is 0.180 e. The fourth-order valence-corrected chi connectivity index (χ4v) is 2.77. The molecule has 0 N–H and O–H groups in total. The molecule has 2 aromatic heterocycles. The van der Waals surface area contributed by atoms with Crippen molar-refractivity contribution in [3.63, 3.8) is 0 Å². The van der Waals surface area contributed by atoms with Crippen LogP contribution in [0.4, 0.5) is 10.2 Å². The minimum Gasteiger partial charge on any atom is -0.378 e. The average molecular weight is 298 g/mol. The van der Waals surface area contributed by atoms with E-state index in [9.17, 15) is 4.39 Å². The van der Waals surface area contributed by atoms with Crippen molar-refractivity contribution in [3.05, 3.63) is 48.7 Å². The summed E-state index contributed by atoms with van der Waals surface area (Å²) < 4.78 is 21.3. The third kappa shape index (κ3) is 2.12. The van der Waals surface area contributed by atoms with Crippen LogP contribution in [-0.4, -0.2) is 40.7 Å². The van der Waals surface area contributed by atoms with E-state index < -0.39 is 0 Å². The van der Waals surface area contributed by atoms with Crippen molar-refractivity contribution in [3.8, 4) is 11.3 Å². The first-order chi connectivity index (χ1) is 10.8. The Morgan fingerprint density at radius 3 is 2.73 bits per heavy atom. The number of ether oxygens (including phenoxy) is 1. The predicted octanol–water partition coefficient (Wildman–Crippen LogP) is 2.37. The second-order valence-electron chi connectivity index (χ2n) is 5.17. The molecular formula is C16H15FN4O. The number of morpholine rings is 1. The summed E-state index contributed by atoms with van der Waals surface area (Å²) in [5, 5.41) is 0. The zero-order valence-corrected chi connectivity index (χ0v) is 11.9. The van der Waals surface area contributed by atoms with Gasteiger partial charge >= 0.3 is 0 Å². The second kappa shape index (κ2) is 5.38. The molecule has 1 aliphatic heterocycles. The molecule has 0 bridgehead atoms. The van der Waals surface area contributed by atoms with E-state index in [2.05, 4.69) is 14.9 Å². The molecular weight excluding hydrogens is 283 g/mol. The molecule has 6 heteroatoms. The summed E-state index contributed by atoms with van der Waals surface area (Å²) in [5.41, 5.74) is 2.00. The van der Waals surface area contributed by atoms with Gasteiger partial charge in [0.25, 0.3) is 0 Å². The molecule has 3 heterocycles. The summed E-state index contributed by atoms with van der Waals surface area (Å²) in [4.78, 5) is 11.1. The highest BCUT2D eigenvalue weighted by molar-refractivity contribution is 5.71. The fourth-order valence-electron chi connectivity index (χ4n) is 2.77. The summed E-state index contributed by atoms with van der Waals surface area (Å²) in [7, 11) is 0. The molecule has 1 saturated heterocycles. The molecule has 0 amide bonds. The van der Waals surface area contributed by atoms with Crippen LogP contribution < -0.4 is 4.90 Å². The maximum absolute atomic E-state index is 14.1. The van der Waals surface area contributed by atoms with E-state index in [1.807, 2.05) is 16.7 Å². The second-order valence-corrected chi connectivity index (χ2v) is 5.17. The van der Waals surface area contributed by atoms with Crippen LogP contribution in [0.15, 0.2) is 42.9 Å². The number of rotatable bonds is 2. The summed E-state index contributed by atoms with van der Waals surface area (Å²) in [6.45, 7) is 2.94. The van der Waals surface area contributed by atoms with Gasteiger partial charge in [0, 0.05) is 31.0 Å². The van der Waals surface area contributed by atoms with Crippen molar-refractivity contribution in [2.24, 2.45) is 0 Å². The molecule has 5 nitrogen and oxygen atoms in total. The van der Waals surface area contributed by atoms with E-state index >= 15 is 0 Å². The van der Waals surface area contributed by atoms with E-state index in [1.165, 1.54) is 6.07 Å². The average Bonchev–Trinajstić information content (AvgIpc) is 3.00. The zero-order valence-electron chi connectivity index (χ0n) is 11.9. The van der Waals surface area contributed by atoms with Crippen LogP contribution in [0.3, 0.4) is 0 Å². The topological polar surface area (TPSA) is 42.7 Å². The number of anilines is 1. The molecule has 4 rings (SSSR count). The maximum Gasteiger partial charge on any atom is 0.180 e. The van der Waals surface area contributed by atoms with Crippen molar-refractivity contribution in [2.75, 3.05) is 31.2 Å². The van der Waals surface area contributed by atoms with Crippen molar-refractivity contribution >= 4 is 11.5 Å². The van der Waals surface area contributed by atoms with Gasteiger partial charge in [0.15, 0.2) is 11.5 Å². The Balaban J connectivity index is 1.85. The van der Waals surface area contributed by atoms with Crippen LogP contribution in [0, 0.1) is 5.82 Å². The zero-order chi connectivity index (χ0) is 14.9. The van der Waals surface area contributed by atoms with E-state index in [4.69, 9.17) is 4.74 Å². The van der Waals surface area contributed by atoms with Gasteiger partial charge in [0.2, 0.25) is 0 Å². The molecule has 0 spiro atoms. The van der Waals surface area contributed by atoms with Crippen LogP contribution >= 0.6 is 0 Å². The van der Waals surface area contributed by atoms with Gasteiger partial charge in [-0.2, -0.15) is 0 Å². The molecule has 0 aliphatic carbocycles. The summed E-state index contributed by atoms with van der Waals surface area (Å²) in [6, 6.07) is 6.72.